The fraction of sp³-hybridized carbons (Fsp3) is 0.213. The normalized spacial score (nSPS) is 12.0. The van der Waals surface area contributed by atoms with Crippen molar-refractivity contribution in [1.29, 1.82) is 0 Å². The van der Waals surface area contributed by atoms with Crippen LogP contribution >= 0.6 is 0 Å². The first-order valence-corrected chi connectivity index (χ1v) is 17.4. The summed E-state index contributed by atoms with van der Waals surface area (Å²) in [5.74, 6) is 0.463. The lowest BCUT2D eigenvalue weighted by atomic mass is 9.77. The maximum Gasteiger partial charge on any atom is 0.128 e. The summed E-state index contributed by atoms with van der Waals surface area (Å²) >= 11 is 0. The summed E-state index contributed by atoms with van der Waals surface area (Å²) in [6, 6.07) is 51.9. The number of aromatic hydroxyl groups is 1. The number of phenolic OH excluding ortho intramolecular Hbond substituents is 1. The lowest BCUT2D eigenvalue weighted by Crippen LogP contribution is -2.12. The predicted octanol–water partition coefficient (Wildman–Crippen LogP) is 12.2. The van der Waals surface area contributed by atoms with Crippen LogP contribution < -0.4 is 0 Å². The average molecular weight is 642 g/mol. The van der Waals surface area contributed by atoms with Crippen molar-refractivity contribution >= 4 is 11.9 Å². The van der Waals surface area contributed by atoms with E-state index in [1.807, 2.05) is 12.3 Å². The molecule has 2 nitrogen and oxygen atoms in total. The first-order valence-electron chi connectivity index (χ1n) is 17.4. The minimum Gasteiger partial charge on any atom is -0.507 e. The molecule has 0 amide bonds. The molecule has 0 saturated heterocycles. The van der Waals surface area contributed by atoms with Gasteiger partial charge in [0.2, 0.25) is 0 Å². The Bertz CT molecular complexity index is 1840. The van der Waals surface area contributed by atoms with E-state index in [4.69, 9.17) is 4.99 Å². The Morgan fingerprint density at radius 1 is 0.551 bits per heavy atom. The molecule has 246 valence electrons. The van der Waals surface area contributed by atoms with Gasteiger partial charge in [0.05, 0.1) is 5.69 Å². The summed E-state index contributed by atoms with van der Waals surface area (Å²) < 4.78 is 0. The Labute approximate surface area is 292 Å². The van der Waals surface area contributed by atoms with Crippen molar-refractivity contribution in [3.05, 3.63) is 201 Å². The molecule has 0 radical (unpaired) electrons. The molecule has 0 aliphatic carbocycles. The van der Waals surface area contributed by atoms with E-state index in [-0.39, 0.29) is 23.0 Å². The number of nitrogens with zero attached hydrogens (tertiary/aromatic N) is 1. The molecule has 0 aliphatic heterocycles. The topological polar surface area (TPSA) is 32.6 Å². The van der Waals surface area contributed by atoms with E-state index in [0.29, 0.717) is 5.92 Å². The summed E-state index contributed by atoms with van der Waals surface area (Å²) in [4.78, 5) is 5.46. The van der Waals surface area contributed by atoms with Crippen LogP contribution in [0.4, 0.5) is 5.69 Å². The van der Waals surface area contributed by atoms with Gasteiger partial charge in [-0.1, -0.05) is 174 Å². The van der Waals surface area contributed by atoms with Crippen LogP contribution in [0.5, 0.6) is 5.75 Å². The lowest BCUT2D eigenvalue weighted by molar-refractivity contribution is 0.445. The van der Waals surface area contributed by atoms with Gasteiger partial charge in [-0.3, -0.25) is 4.99 Å². The molecule has 6 aromatic carbocycles. The van der Waals surface area contributed by atoms with Gasteiger partial charge in [0.1, 0.15) is 5.75 Å². The van der Waals surface area contributed by atoms with Crippen LogP contribution in [0.1, 0.15) is 108 Å². The zero-order valence-corrected chi connectivity index (χ0v) is 29.6. The third-order valence-corrected chi connectivity index (χ3v) is 9.44. The Morgan fingerprint density at radius 3 is 1.29 bits per heavy atom. The van der Waals surface area contributed by atoms with Gasteiger partial charge in [-0.2, -0.15) is 0 Å². The Morgan fingerprint density at radius 2 is 0.939 bits per heavy atom. The fourth-order valence-electron chi connectivity index (χ4n) is 6.92. The highest BCUT2D eigenvalue weighted by molar-refractivity contribution is 5.88. The zero-order chi connectivity index (χ0) is 34.5. The second kappa shape index (κ2) is 14.5. The molecule has 2 heteroatoms. The average Bonchev–Trinajstić information content (AvgIpc) is 3.10. The van der Waals surface area contributed by atoms with Crippen LogP contribution in [-0.4, -0.2) is 11.3 Å². The first-order chi connectivity index (χ1) is 23.6. The molecule has 0 saturated carbocycles. The third kappa shape index (κ3) is 7.44. The van der Waals surface area contributed by atoms with Crippen molar-refractivity contribution in [2.75, 3.05) is 0 Å². The van der Waals surface area contributed by atoms with Crippen molar-refractivity contribution in [3.63, 3.8) is 0 Å². The van der Waals surface area contributed by atoms with Crippen molar-refractivity contribution in [2.45, 2.75) is 64.7 Å². The zero-order valence-electron chi connectivity index (χ0n) is 29.6. The van der Waals surface area contributed by atoms with Crippen LogP contribution in [0.3, 0.4) is 0 Å². The Hall–Kier alpha value is -5.21. The van der Waals surface area contributed by atoms with Crippen LogP contribution in [0.25, 0.3) is 0 Å². The molecule has 0 unspecified atom stereocenters. The summed E-state index contributed by atoms with van der Waals surface area (Å²) in [7, 11) is 0. The highest BCUT2D eigenvalue weighted by atomic mass is 16.3. The standard InChI is InChI=1S/C47H47NO/c1-32(2)38-29-40(43(34-19-11-7-12-20-34)35-21-13-8-14-22-35)45(48-31-39-27-33(3)28-42(46(39)49)47(4,5)6)41(30-38)44(36-23-15-9-16-24-36)37-25-17-10-18-26-37/h7-32,43-44,49H,1-6H3. The second-order valence-corrected chi connectivity index (χ2v) is 14.5. The number of phenols is 1. The van der Waals surface area contributed by atoms with Gasteiger partial charge < -0.3 is 5.11 Å². The lowest BCUT2D eigenvalue weighted by Gasteiger charge is -2.28. The number of hydrogen-bond donors (Lipinski definition) is 1. The fourth-order valence-corrected chi connectivity index (χ4v) is 6.92. The van der Waals surface area contributed by atoms with Crippen molar-refractivity contribution in [3.8, 4) is 5.75 Å². The summed E-state index contributed by atoms with van der Waals surface area (Å²) in [5, 5.41) is 11.6. The number of aryl methyl sites for hydroxylation is 1. The molecule has 0 bridgehead atoms. The highest BCUT2D eigenvalue weighted by Crippen LogP contribution is 2.46. The number of benzene rings is 6. The Balaban J connectivity index is 1.72. The molecule has 0 spiro atoms. The largest absolute Gasteiger partial charge is 0.507 e. The predicted molar refractivity (Wildman–Crippen MR) is 207 cm³/mol. The molecule has 0 atom stereocenters. The van der Waals surface area contributed by atoms with Gasteiger partial charge in [0.15, 0.2) is 0 Å². The quantitative estimate of drug-likeness (QED) is 0.124. The van der Waals surface area contributed by atoms with Gasteiger partial charge in [-0.25, -0.2) is 0 Å². The molecule has 1 N–H and O–H groups in total. The number of hydrogen-bond acceptors (Lipinski definition) is 2. The molecule has 0 heterocycles. The monoisotopic (exact) mass is 641 g/mol. The van der Waals surface area contributed by atoms with E-state index >= 15 is 0 Å². The molecule has 0 fully saturated rings. The van der Waals surface area contributed by atoms with E-state index < -0.39 is 0 Å². The number of aliphatic imine (C=N–C) groups is 1. The van der Waals surface area contributed by atoms with Gasteiger partial charge in [0.25, 0.3) is 0 Å². The van der Waals surface area contributed by atoms with Crippen LogP contribution in [0.2, 0.25) is 0 Å². The molecule has 49 heavy (non-hydrogen) atoms. The molecule has 6 aromatic rings. The minimum atomic E-state index is -0.217. The number of rotatable bonds is 9. The van der Waals surface area contributed by atoms with Gasteiger partial charge in [0, 0.05) is 29.2 Å². The second-order valence-electron chi connectivity index (χ2n) is 14.5. The molecule has 0 aliphatic rings. The SMILES string of the molecule is Cc1cc(C=Nc2c(C(c3ccccc3)c3ccccc3)cc(C(C)C)cc2C(c2ccccc2)c2ccccc2)c(O)c(C(C)(C)C)c1. The molecule has 0 aromatic heterocycles. The van der Waals surface area contributed by atoms with Crippen LogP contribution in [-0.2, 0) is 5.41 Å². The van der Waals surface area contributed by atoms with E-state index in [1.54, 1.807) is 0 Å². The summed E-state index contributed by atoms with van der Waals surface area (Å²) in [6.45, 7) is 13.0. The maximum absolute atomic E-state index is 11.6. The van der Waals surface area contributed by atoms with Gasteiger partial charge in [-0.15, -0.1) is 0 Å². The first kappa shape index (κ1) is 33.7. The summed E-state index contributed by atoms with van der Waals surface area (Å²) in [6.07, 6.45) is 1.88. The molecule has 6 rings (SSSR count). The molecular weight excluding hydrogens is 595 g/mol. The van der Waals surface area contributed by atoms with E-state index in [0.717, 1.165) is 33.5 Å². The van der Waals surface area contributed by atoms with E-state index in [9.17, 15) is 5.11 Å². The maximum atomic E-state index is 11.6. The van der Waals surface area contributed by atoms with Crippen LogP contribution in [0.15, 0.2) is 151 Å². The smallest absolute Gasteiger partial charge is 0.128 e. The molecular formula is C47H47NO. The minimum absolute atomic E-state index is 0.0598. The third-order valence-electron chi connectivity index (χ3n) is 9.44. The van der Waals surface area contributed by atoms with Gasteiger partial charge >= 0.3 is 0 Å². The summed E-state index contributed by atoms with van der Waals surface area (Å²) in [5.41, 5.74) is 11.9. The van der Waals surface area contributed by atoms with Crippen molar-refractivity contribution in [2.24, 2.45) is 4.99 Å². The van der Waals surface area contributed by atoms with Crippen molar-refractivity contribution < 1.29 is 5.11 Å². The van der Waals surface area contributed by atoms with Gasteiger partial charge in [-0.05, 0) is 68.8 Å². The van der Waals surface area contributed by atoms with Crippen LogP contribution in [0, 0.1) is 6.92 Å². The van der Waals surface area contributed by atoms with Crippen molar-refractivity contribution in [1.82, 2.24) is 0 Å². The Kier molecular flexibility index (Phi) is 9.97. The van der Waals surface area contributed by atoms with E-state index in [1.165, 1.54) is 27.8 Å². The highest BCUT2D eigenvalue weighted by Gasteiger charge is 2.28. The van der Waals surface area contributed by atoms with E-state index in [2.05, 4.69) is 181 Å².